The Labute approximate surface area is 157 Å². The third-order valence-electron chi connectivity index (χ3n) is 5.15. The highest BCUT2D eigenvalue weighted by atomic mass is 14.7. The van der Waals surface area contributed by atoms with Gasteiger partial charge in [0.2, 0.25) is 0 Å². The van der Waals surface area contributed by atoms with E-state index in [2.05, 4.69) is 60.7 Å². The smallest absolute Gasteiger partial charge is 0.0999 e. The highest BCUT2D eigenvalue weighted by Crippen LogP contribution is 2.34. The van der Waals surface area contributed by atoms with Gasteiger partial charge in [0, 0.05) is 17.0 Å². The van der Waals surface area contributed by atoms with Crippen molar-refractivity contribution in [3.63, 3.8) is 0 Å². The van der Waals surface area contributed by atoms with Gasteiger partial charge in [0.15, 0.2) is 0 Å². The minimum Gasteiger partial charge on any atom is -0.256 e. The number of fused-ring (bicyclic) bond motifs is 5. The Morgan fingerprint density at radius 1 is 0.926 bits per heavy atom. The van der Waals surface area contributed by atoms with Gasteiger partial charge in [-0.05, 0) is 46.4 Å². The van der Waals surface area contributed by atoms with Crippen molar-refractivity contribution in [3.8, 4) is 28.3 Å². The molecule has 0 atom stereocenters. The lowest BCUT2D eigenvalue weighted by Crippen LogP contribution is -2.31. The molecule has 0 saturated carbocycles. The molecule has 126 valence electrons. The van der Waals surface area contributed by atoms with Gasteiger partial charge in [0.25, 0.3) is 0 Å². The molecule has 0 saturated heterocycles. The molecule has 0 unspecified atom stereocenters. The summed E-state index contributed by atoms with van der Waals surface area (Å²) in [5.74, 6) is 0. The molecule has 27 heavy (non-hydrogen) atoms. The summed E-state index contributed by atoms with van der Waals surface area (Å²) in [5, 5.41) is 11.9. The average molecular weight is 344 g/mol. The fourth-order valence-corrected chi connectivity index (χ4v) is 3.95. The third kappa shape index (κ3) is 2.45. The molecule has 1 heterocycles. The Kier molecular flexibility index (Phi) is 3.59. The number of hydrogen-bond donors (Lipinski definition) is 0. The molecule has 3 aromatic carbocycles. The van der Waals surface area contributed by atoms with Gasteiger partial charge < -0.3 is 0 Å². The van der Waals surface area contributed by atoms with E-state index in [9.17, 15) is 5.26 Å². The van der Waals surface area contributed by atoms with Crippen LogP contribution in [0.4, 0.5) is 0 Å². The normalized spacial score (nSPS) is 13.3. The van der Waals surface area contributed by atoms with Crippen LogP contribution in [0, 0.1) is 11.3 Å². The minimum absolute atomic E-state index is 0.669. The molecule has 2 nitrogen and oxygen atoms in total. The van der Waals surface area contributed by atoms with E-state index in [1.165, 1.54) is 0 Å². The lowest BCUT2D eigenvalue weighted by atomic mass is 9.88. The Hall–Kier alpha value is -3.70. The van der Waals surface area contributed by atoms with E-state index in [1.807, 2.05) is 30.5 Å². The highest BCUT2D eigenvalue weighted by molar-refractivity contribution is 5.89. The number of rotatable bonds is 1. The van der Waals surface area contributed by atoms with Crippen molar-refractivity contribution in [1.82, 2.24) is 0 Å². The van der Waals surface area contributed by atoms with Gasteiger partial charge in [0.1, 0.15) is 0 Å². The summed E-state index contributed by atoms with van der Waals surface area (Å²) < 4.78 is 0. The molecule has 0 aromatic heterocycles. The topological polar surface area (TPSA) is 36.1 Å². The maximum atomic E-state index is 9.85. The van der Waals surface area contributed by atoms with Crippen LogP contribution in [0.25, 0.3) is 40.5 Å². The molecule has 0 fully saturated rings. The van der Waals surface area contributed by atoms with Crippen LogP contribution in [-0.4, -0.2) is 0 Å². The molecular formula is C25H16N2. The van der Waals surface area contributed by atoms with Gasteiger partial charge in [-0.15, -0.1) is 0 Å². The van der Waals surface area contributed by atoms with E-state index in [-0.39, 0.29) is 0 Å². The average Bonchev–Trinajstić information content (AvgIpc) is 2.94. The summed E-state index contributed by atoms with van der Waals surface area (Å²) in [6.45, 7) is 0. The van der Waals surface area contributed by atoms with Crippen molar-refractivity contribution < 1.29 is 0 Å². The lowest BCUT2D eigenvalue weighted by Gasteiger charge is -2.14. The van der Waals surface area contributed by atoms with Gasteiger partial charge in [0.05, 0.1) is 17.0 Å². The molecule has 0 radical (unpaired) electrons. The van der Waals surface area contributed by atoms with E-state index in [4.69, 9.17) is 4.99 Å². The van der Waals surface area contributed by atoms with Crippen LogP contribution in [0.5, 0.6) is 0 Å². The molecule has 1 aliphatic heterocycles. The van der Waals surface area contributed by atoms with E-state index < -0.39 is 0 Å². The monoisotopic (exact) mass is 344 g/mol. The molecule has 3 aromatic rings. The van der Waals surface area contributed by atoms with Crippen LogP contribution < -0.4 is 10.6 Å². The summed E-state index contributed by atoms with van der Waals surface area (Å²) in [5.41, 5.74) is 7.14. The highest BCUT2D eigenvalue weighted by Gasteiger charge is 2.18. The molecule has 0 N–H and O–H groups in total. The number of nitriles is 1. The molecule has 2 aliphatic rings. The van der Waals surface area contributed by atoms with Crippen LogP contribution in [0.3, 0.4) is 0 Å². The summed E-state index contributed by atoms with van der Waals surface area (Å²) in [6.07, 6.45) is 11.2. The Balaban J connectivity index is 1.90. The van der Waals surface area contributed by atoms with Crippen LogP contribution >= 0.6 is 0 Å². The number of hydrogen-bond acceptors (Lipinski definition) is 2. The summed E-state index contributed by atoms with van der Waals surface area (Å²) in [4.78, 5) is 4.76. The van der Waals surface area contributed by atoms with Crippen LogP contribution in [0.2, 0.25) is 0 Å². The standard InChI is InChI=1S/C25H16N2/c26-16-19-15-18-9-4-5-10-21(18)25-24(19)23-12-6-11-20(22(23)13-14-27-25)17-7-2-1-3-8-17/h1-4,6-15H,5H2. The number of benzene rings is 3. The molecule has 2 heteroatoms. The summed E-state index contributed by atoms with van der Waals surface area (Å²) >= 11 is 0. The van der Waals surface area contributed by atoms with Crippen LogP contribution in [-0.2, 0) is 0 Å². The first kappa shape index (κ1) is 15.5. The van der Waals surface area contributed by atoms with E-state index in [0.29, 0.717) is 5.56 Å². The molecule has 0 amide bonds. The minimum atomic E-state index is 0.669. The SMILES string of the molecule is N#Cc1cc2c(c3c1-c1cccc(-c4ccccc4)c1C=CN=3)=CCC=C2. The van der Waals surface area contributed by atoms with Crippen molar-refractivity contribution >= 4 is 18.2 Å². The number of allylic oxidation sites excluding steroid dienone is 1. The van der Waals surface area contributed by atoms with Crippen molar-refractivity contribution in [1.29, 1.82) is 5.26 Å². The maximum Gasteiger partial charge on any atom is 0.0999 e. The fourth-order valence-electron chi connectivity index (χ4n) is 3.95. The Bertz CT molecular complexity index is 1290. The van der Waals surface area contributed by atoms with Gasteiger partial charge >= 0.3 is 0 Å². The van der Waals surface area contributed by atoms with Crippen LogP contribution in [0.1, 0.15) is 23.1 Å². The van der Waals surface area contributed by atoms with Gasteiger partial charge in [-0.3, -0.25) is 4.99 Å². The van der Waals surface area contributed by atoms with Gasteiger partial charge in [-0.2, -0.15) is 5.26 Å². The largest absolute Gasteiger partial charge is 0.256 e. The van der Waals surface area contributed by atoms with E-state index in [0.717, 1.165) is 50.4 Å². The Morgan fingerprint density at radius 3 is 2.63 bits per heavy atom. The van der Waals surface area contributed by atoms with Crippen molar-refractivity contribution in [2.45, 2.75) is 6.42 Å². The summed E-state index contributed by atoms with van der Waals surface area (Å²) in [6, 6.07) is 21.0. The second kappa shape index (κ2) is 6.23. The predicted molar refractivity (Wildman–Crippen MR) is 110 cm³/mol. The first-order chi connectivity index (χ1) is 13.4. The second-order valence-corrected chi connectivity index (χ2v) is 6.68. The zero-order valence-corrected chi connectivity index (χ0v) is 14.7. The number of nitrogens with zero attached hydrogens (tertiary/aromatic N) is 2. The zero-order valence-electron chi connectivity index (χ0n) is 14.7. The second-order valence-electron chi connectivity index (χ2n) is 6.68. The third-order valence-corrected chi connectivity index (χ3v) is 5.15. The van der Waals surface area contributed by atoms with Crippen molar-refractivity contribution in [2.75, 3.05) is 0 Å². The molecule has 0 spiro atoms. The fraction of sp³-hybridized carbons (Fsp3) is 0.0400. The van der Waals surface area contributed by atoms with E-state index in [1.54, 1.807) is 0 Å². The molecule has 1 aliphatic carbocycles. The molecular weight excluding hydrogens is 328 g/mol. The summed E-state index contributed by atoms with van der Waals surface area (Å²) in [7, 11) is 0. The Morgan fingerprint density at radius 2 is 1.78 bits per heavy atom. The van der Waals surface area contributed by atoms with E-state index >= 15 is 0 Å². The predicted octanol–water partition coefficient (Wildman–Crippen LogP) is 4.69. The first-order valence-corrected chi connectivity index (χ1v) is 9.04. The van der Waals surface area contributed by atoms with Gasteiger partial charge in [-0.25, -0.2) is 0 Å². The van der Waals surface area contributed by atoms with Gasteiger partial charge in [-0.1, -0.05) is 66.8 Å². The maximum absolute atomic E-state index is 9.85. The zero-order chi connectivity index (χ0) is 18.2. The van der Waals surface area contributed by atoms with Crippen molar-refractivity contribution in [2.24, 2.45) is 4.99 Å². The van der Waals surface area contributed by atoms with Crippen molar-refractivity contribution in [3.05, 3.63) is 94.1 Å². The lowest BCUT2D eigenvalue weighted by molar-refractivity contribution is 1.27. The molecule has 5 rings (SSSR count). The quantitative estimate of drug-likeness (QED) is 0.631. The molecule has 0 bridgehead atoms. The first-order valence-electron chi connectivity index (χ1n) is 9.04. The van der Waals surface area contributed by atoms with Crippen LogP contribution in [0.15, 0.2) is 71.9 Å².